The van der Waals surface area contributed by atoms with Crippen molar-refractivity contribution in [2.75, 3.05) is 5.32 Å². The van der Waals surface area contributed by atoms with Gasteiger partial charge in [0.15, 0.2) is 5.82 Å². The van der Waals surface area contributed by atoms with Crippen molar-refractivity contribution in [3.8, 4) is 22.8 Å². The molecule has 0 atom stereocenters. The Hall–Kier alpha value is -4.85. The molecule has 4 heterocycles. The topological polar surface area (TPSA) is 112 Å². The van der Waals surface area contributed by atoms with E-state index in [-0.39, 0.29) is 11.8 Å². The summed E-state index contributed by atoms with van der Waals surface area (Å²) in [5.74, 6) is 0.955. The van der Waals surface area contributed by atoms with Gasteiger partial charge in [-0.3, -0.25) is 19.9 Å². The molecule has 0 fully saturated rings. The second-order valence-electron chi connectivity index (χ2n) is 9.75. The SMILES string of the molecule is CC(C)CC(=O)Nc1cncc(C2=CCC=c3[nH]nc(-c4nc5c(-c6ccccn6)cccc5[nH]4)c3=C2)c1. The molecule has 8 heteroatoms. The van der Waals surface area contributed by atoms with Gasteiger partial charge in [-0.1, -0.05) is 44.2 Å². The number of benzene rings is 1. The number of fused-ring (bicyclic) bond motifs is 2. The number of hydrogen-bond acceptors (Lipinski definition) is 5. The Morgan fingerprint density at radius 3 is 2.87 bits per heavy atom. The number of carbonyl (C=O) groups is 1. The molecule has 6 rings (SSSR count). The molecule has 0 unspecified atom stereocenters. The summed E-state index contributed by atoms with van der Waals surface area (Å²) < 4.78 is 0. The molecule has 3 N–H and O–H groups in total. The van der Waals surface area contributed by atoms with E-state index in [1.54, 1.807) is 12.4 Å². The van der Waals surface area contributed by atoms with Crippen molar-refractivity contribution in [1.29, 1.82) is 0 Å². The maximum absolute atomic E-state index is 12.3. The third kappa shape index (κ3) is 4.64. The van der Waals surface area contributed by atoms with Gasteiger partial charge in [-0.25, -0.2) is 4.98 Å². The molecular formula is C30H27N7O. The zero-order valence-corrected chi connectivity index (χ0v) is 21.2. The van der Waals surface area contributed by atoms with Crippen LogP contribution in [0.2, 0.25) is 0 Å². The molecule has 0 saturated heterocycles. The van der Waals surface area contributed by atoms with Crippen molar-refractivity contribution in [1.82, 2.24) is 30.1 Å². The Balaban J connectivity index is 1.39. The number of allylic oxidation sites excluding steroid dienone is 2. The molecule has 0 bridgehead atoms. The summed E-state index contributed by atoms with van der Waals surface area (Å²) in [6.45, 7) is 4.05. The number of nitrogens with one attached hydrogen (secondary N) is 3. The van der Waals surface area contributed by atoms with E-state index >= 15 is 0 Å². The first kappa shape index (κ1) is 23.5. The number of anilines is 1. The van der Waals surface area contributed by atoms with E-state index in [1.807, 2.05) is 62.5 Å². The minimum atomic E-state index is -0.0135. The standard InChI is InChI=1S/C30H27N7O/c1-18(2)13-27(38)33-21-14-20(16-31-17-21)19-7-5-10-25-23(15-19)29(37-36-25)30-34-26-11-6-8-22(28(26)35-30)24-9-3-4-12-32-24/h3-4,6-12,14-18,36H,5,13H2,1-2H3,(H,33,38)(H,34,35). The highest BCUT2D eigenvalue weighted by Crippen LogP contribution is 2.27. The summed E-state index contributed by atoms with van der Waals surface area (Å²) in [7, 11) is 0. The van der Waals surface area contributed by atoms with Crippen molar-refractivity contribution in [3.05, 3.63) is 83.3 Å². The van der Waals surface area contributed by atoms with Gasteiger partial charge in [0.2, 0.25) is 5.91 Å². The van der Waals surface area contributed by atoms with Crippen LogP contribution in [0.5, 0.6) is 0 Å². The number of nitrogens with zero attached hydrogens (tertiary/aromatic N) is 4. The predicted molar refractivity (Wildman–Crippen MR) is 150 cm³/mol. The van der Waals surface area contributed by atoms with E-state index in [9.17, 15) is 4.79 Å². The van der Waals surface area contributed by atoms with Crippen molar-refractivity contribution < 1.29 is 4.79 Å². The summed E-state index contributed by atoms with van der Waals surface area (Å²) in [5, 5.41) is 12.6. The quantitative estimate of drug-likeness (QED) is 0.318. The van der Waals surface area contributed by atoms with Gasteiger partial charge in [-0.05, 0) is 48.3 Å². The summed E-state index contributed by atoms with van der Waals surface area (Å²) >= 11 is 0. The fourth-order valence-corrected chi connectivity index (χ4v) is 4.69. The second-order valence-corrected chi connectivity index (χ2v) is 9.75. The summed E-state index contributed by atoms with van der Waals surface area (Å²) in [4.78, 5) is 29.6. The number of carbonyl (C=O) groups excluding carboxylic acids is 1. The summed E-state index contributed by atoms with van der Waals surface area (Å²) in [5.41, 5.74) is 6.94. The van der Waals surface area contributed by atoms with Gasteiger partial charge in [0.05, 0.1) is 34.0 Å². The lowest BCUT2D eigenvalue weighted by atomic mass is 10.1. The third-order valence-electron chi connectivity index (χ3n) is 6.42. The van der Waals surface area contributed by atoms with E-state index in [2.05, 4.69) is 48.7 Å². The van der Waals surface area contributed by atoms with Gasteiger partial charge in [0, 0.05) is 35.2 Å². The molecule has 1 aromatic carbocycles. The van der Waals surface area contributed by atoms with Crippen LogP contribution in [-0.4, -0.2) is 36.0 Å². The Labute approximate surface area is 219 Å². The second kappa shape index (κ2) is 9.89. The zero-order valence-electron chi connectivity index (χ0n) is 21.2. The van der Waals surface area contributed by atoms with Crippen molar-refractivity contribution in [2.45, 2.75) is 26.7 Å². The molecule has 1 amide bonds. The molecule has 0 radical (unpaired) electrons. The lowest BCUT2D eigenvalue weighted by Crippen LogP contribution is -2.23. The lowest BCUT2D eigenvalue weighted by molar-refractivity contribution is -0.116. The van der Waals surface area contributed by atoms with Crippen LogP contribution >= 0.6 is 0 Å². The van der Waals surface area contributed by atoms with E-state index in [1.165, 1.54) is 0 Å². The van der Waals surface area contributed by atoms with Crippen LogP contribution < -0.4 is 15.9 Å². The van der Waals surface area contributed by atoms with Gasteiger partial charge in [0.25, 0.3) is 0 Å². The van der Waals surface area contributed by atoms with Gasteiger partial charge in [0.1, 0.15) is 5.69 Å². The minimum Gasteiger partial charge on any atom is -0.337 e. The molecular weight excluding hydrogens is 474 g/mol. The molecule has 1 aliphatic rings. The summed E-state index contributed by atoms with van der Waals surface area (Å²) in [6, 6.07) is 13.9. The molecule has 4 aromatic heterocycles. The molecule has 5 aromatic rings. The van der Waals surface area contributed by atoms with Crippen LogP contribution in [0.1, 0.15) is 32.3 Å². The Kier molecular flexibility index (Phi) is 6.13. The molecule has 188 valence electrons. The van der Waals surface area contributed by atoms with Gasteiger partial charge in [-0.2, -0.15) is 5.10 Å². The molecule has 8 nitrogen and oxygen atoms in total. The Morgan fingerprint density at radius 2 is 2.03 bits per heavy atom. The van der Waals surface area contributed by atoms with Gasteiger partial charge < -0.3 is 10.3 Å². The van der Waals surface area contributed by atoms with Crippen LogP contribution in [0.15, 0.2) is 67.1 Å². The predicted octanol–water partition coefficient (Wildman–Crippen LogP) is 4.44. The number of imidazole rings is 1. The van der Waals surface area contributed by atoms with Crippen LogP contribution in [0.25, 0.3) is 51.5 Å². The lowest BCUT2D eigenvalue weighted by Gasteiger charge is -2.09. The monoisotopic (exact) mass is 501 g/mol. The van der Waals surface area contributed by atoms with E-state index in [4.69, 9.17) is 4.98 Å². The first-order valence-electron chi connectivity index (χ1n) is 12.7. The van der Waals surface area contributed by atoms with Crippen LogP contribution in [0.3, 0.4) is 0 Å². The molecule has 0 aliphatic heterocycles. The van der Waals surface area contributed by atoms with Crippen LogP contribution in [-0.2, 0) is 4.79 Å². The highest BCUT2D eigenvalue weighted by Gasteiger charge is 2.16. The zero-order chi connectivity index (χ0) is 26.1. The summed E-state index contributed by atoms with van der Waals surface area (Å²) in [6.07, 6.45) is 12.8. The van der Waals surface area contributed by atoms with Crippen molar-refractivity contribution in [3.63, 3.8) is 0 Å². The highest BCUT2D eigenvalue weighted by molar-refractivity contribution is 5.95. The smallest absolute Gasteiger partial charge is 0.224 e. The van der Waals surface area contributed by atoms with Crippen LogP contribution in [0.4, 0.5) is 5.69 Å². The van der Waals surface area contributed by atoms with Gasteiger partial charge in [-0.15, -0.1) is 0 Å². The van der Waals surface area contributed by atoms with Crippen molar-refractivity contribution >= 4 is 40.4 Å². The fourth-order valence-electron chi connectivity index (χ4n) is 4.69. The normalized spacial score (nSPS) is 12.9. The number of pyridine rings is 2. The Bertz CT molecular complexity index is 1800. The van der Waals surface area contributed by atoms with Gasteiger partial charge >= 0.3 is 0 Å². The number of rotatable bonds is 6. The minimum absolute atomic E-state index is 0.0135. The number of aromatic amines is 2. The molecule has 38 heavy (non-hydrogen) atoms. The molecule has 1 aliphatic carbocycles. The number of aromatic nitrogens is 6. The highest BCUT2D eigenvalue weighted by atomic mass is 16.1. The number of para-hydroxylation sites is 1. The number of amides is 1. The van der Waals surface area contributed by atoms with Crippen molar-refractivity contribution in [2.24, 2.45) is 5.92 Å². The number of H-pyrrole nitrogens is 2. The largest absolute Gasteiger partial charge is 0.337 e. The Morgan fingerprint density at radius 1 is 1.11 bits per heavy atom. The maximum Gasteiger partial charge on any atom is 0.224 e. The van der Waals surface area contributed by atoms with E-state index in [0.717, 1.165) is 56.1 Å². The maximum atomic E-state index is 12.3. The van der Waals surface area contributed by atoms with Crippen LogP contribution in [0, 0.1) is 5.92 Å². The van der Waals surface area contributed by atoms with E-state index in [0.29, 0.717) is 17.9 Å². The first-order chi connectivity index (χ1) is 18.5. The fraction of sp³-hybridized carbons (Fsp3) is 0.167. The average molecular weight is 502 g/mol. The van der Waals surface area contributed by atoms with E-state index < -0.39 is 0 Å². The molecule has 0 saturated carbocycles. The third-order valence-corrected chi connectivity index (χ3v) is 6.42. The number of hydrogen-bond donors (Lipinski definition) is 3. The molecule has 0 spiro atoms. The first-order valence-corrected chi connectivity index (χ1v) is 12.7. The average Bonchev–Trinajstić information content (AvgIpc) is 3.46.